The van der Waals surface area contributed by atoms with Gasteiger partial charge in [0.25, 0.3) is 5.56 Å². The van der Waals surface area contributed by atoms with Gasteiger partial charge in [-0.05, 0) is 42.2 Å². The molecule has 152 valence electrons. The second kappa shape index (κ2) is 7.74. The van der Waals surface area contributed by atoms with Crippen molar-refractivity contribution in [2.24, 2.45) is 5.92 Å². The molecule has 2 aliphatic rings. The van der Waals surface area contributed by atoms with Gasteiger partial charge in [0.2, 0.25) is 5.91 Å². The number of amides is 1. The SMILES string of the molecule is O=C(CNc1cccnc1)N1C[C@@H]2C[C@H](C1)c1cc(-c3cccnc3)cc(=O)n1C2. The molecule has 5 heterocycles. The molecule has 0 saturated carbocycles. The van der Waals surface area contributed by atoms with E-state index in [0.717, 1.165) is 28.9 Å². The van der Waals surface area contributed by atoms with Crippen molar-refractivity contribution < 1.29 is 4.79 Å². The van der Waals surface area contributed by atoms with E-state index < -0.39 is 0 Å². The smallest absolute Gasteiger partial charge is 0.251 e. The predicted octanol–water partition coefficient (Wildman–Crippen LogP) is 2.36. The molecule has 30 heavy (non-hydrogen) atoms. The number of anilines is 1. The van der Waals surface area contributed by atoms with Gasteiger partial charge in [-0.1, -0.05) is 6.07 Å². The fourth-order valence-corrected chi connectivity index (χ4v) is 4.62. The minimum Gasteiger partial charge on any atom is -0.375 e. The maximum Gasteiger partial charge on any atom is 0.251 e. The number of rotatable bonds is 4. The molecular formula is C23H23N5O2. The van der Waals surface area contributed by atoms with Gasteiger partial charge < -0.3 is 14.8 Å². The molecule has 0 aliphatic carbocycles. The molecule has 2 aliphatic heterocycles. The second-order valence-corrected chi connectivity index (χ2v) is 8.05. The third-order valence-corrected chi connectivity index (χ3v) is 6.01. The summed E-state index contributed by atoms with van der Waals surface area (Å²) in [5.74, 6) is 0.553. The van der Waals surface area contributed by atoms with Crippen LogP contribution < -0.4 is 10.9 Å². The van der Waals surface area contributed by atoms with E-state index in [1.807, 2.05) is 33.7 Å². The monoisotopic (exact) mass is 401 g/mol. The first kappa shape index (κ1) is 18.5. The highest BCUT2D eigenvalue weighted by Crippen LogP contribution is 2.36. The molecule has 3 aromatic rings. The van der Waals surface area contributed by atoms with Gasteiger partial charge in [0, 0.05) is 67.7 Å². The first-order chi connectivity index (χ1) is 14.7. The minimum atomic E-state index is 0.0269. The van der Waals surface area contributed by atoms with Crippen LogP contribution in [-0.4, -0.2) is 45.0 Å². The van der Waals surface area contributed by atoms with Crippen LogP contribution in [-0.2, 0) is 11.3 Å². The Balaban J connectivity index is 1.36. The number of hydrogen-bond donors (Lipinski definition) is 1. The highest BCUT2D eigenvalue weighted by Gasteiger charge is 2.36. The molecule has 7 heteroatoms. The summed E-state index contributed by atoms with van der Waals surface area (Å²) in [6, 6.07) is 11.4. The molecular weight excluding hydrogens is 378 g/mol. The van der Waals surface area contributed by atoms with Gasteiger partial charge in [0.1, 0.15) is 0 Å². The predicted molar refractivity (Wildman–Crippen MR) is 114 cm³/mol. The summed E-state index contributed by atoms with van der Waals surface area (Å²) in [5.41, 5.74) is 3.71. The van der Waals surface area contributed by atoms with Crippen molar-refractivity contribution >= 4 is 11.6 Å². The van der Waals surface area contributed by atoms with Crippen LogP contribution >= 0.6 is 0 Å². The molecule has 0 aromatic carbocycles. The van der Waals surface area contributed by atoms with Crippen LogP contribution in [0.5, 0.6) is 0 Å². The zero-order valence-corrected chi connectivity index (χ0v) is 16.6. The number of pyridine rings is 3. The number of carbonyl (C=O) groups excluding carboxylic acids is 1. The third-order valence-electron chi connectivity index (χ3n) is 6.01. The Morgan fingerprint density at radius 1 is 1.03 bits per heavy atom. The van der Waals surface area contributed by atoms with Gasteiger partial charge >= 0.3 is 0 Å². The molecule has 1 N–H and O–H groups in total. The quantitative estimate of drug-likeness (QED) is 0.726. The number of nitrogens with one attached hydrogen (secondary N) is 1. The van der Waals surface area contributed by atoms with E-state index in [2.05, 4.69) is 21.4 Å². The Morgan fingerprint density at radius 3 is 2.63 bits per heavy atom. The van der Waals surface area contributed by atoms with Gasteiger partial charge in [-0.15, -0.1) is 0 Å². The first-order valence-electron chi connectivity index (χ1n) is 10.2. The van der Waals surface area contributed by atoms with Gasteiger partial charge in [-0.25, -0.2) is 0 Å². The number of fused-ring (bicyclic) bond motifs is 4. The van der Waals surface area contributed by atoms with Crippen LogP contribution in [0, 0.1) is 5.92 Å². The zero-order valence-electron chi connectivity index (χ0n) is 16.6. The van der Waals surface area contributed by atoms with Gasteiger partial charge in [-0.3, -0.25) is 19.6 Å². The van der Waals surface area contributed by atoms with Crippen LogP contribution in [0.2, 0.25) is 0 Å². The first-order valence-corrected chi connectivity index (χ1v) is 10.2. The molecule has 2 atom stereocenters. The number of nitrogens with zero attached hydrogens (tertiary/aromatic N) is 4. The Kier molecular flexibility index (Phi) is 4.78. The highest BCUT2D eigenvalue weighted by molar-refractivity contribution is 5.81. The summed E-state index contributed by atoms with van der Waals surface area (Å²) >= 11 is 0. The Labute approximate surface area is 174 Å². The van der Waals surface area contributed by atoms with E-state index in [1.54, 1.807) is 30.9 Å². The lowest BCUT2D eigenvalue weighted by molar-refractivity contribution is -0.132. The highest BCUT2D eigenvalue weighted by atomic mass is 16.2. The molecule has 3 aromatic heterocycles. The minimum absolute atomic E-state index is 0.0269. The summed E-state index contributed by atoms with van der Waals surface area (Å²) in [6.45, 7) is 2.24. The van der Waals surface area contributed by atoms with Gasteiger partial charge in [0.05, 0.1) is 12.2 Å². The molecule has 0 unspecified atom stereocenters. The Morgan fingerprint density at radius 2 is 1.87 bits per heavy atom. The van der Waals surface area contributed by atoms with E-state index >= 15 is 0 Å². The summed E-state index contributed by atoms with van der Waals surface area (Å²) in [4.78, 5) is 35.8. The van der Waals surface area contributed by atoms with Crippen LogP contribution in [0.4, 0.5) is 5.69 Å². The van der Waals surface area contributed by atoms with Crippen molar-refractivity contribution in [3.8, 4) is 11.1 Å². The van der Waals surface area contributed by atoms with E-state index in [1.165, 1.54) is 0 Å². The van der Waals surface area contributed by atoms with E-state index in [-0.39, 0.29) is 23.9 Å². The molecule has 0 spiro atoms. The Hall–Kier alpha value is -3.48. The lowest BCUT2D eigenvalue weighted by Gasteiger charge is -2.43. The topological polar surface area (TPSA) is 80.1 Å². The molecule has 2 bridgehead atoms. The Bertz CT molecular complexity index is 1110. The average molecular weight is 401 g/mol. The fraction of sp³-hybridized carbons (Fsp3) is 0.304. The van der Waals surface area contributed by atoms with Crippen LogP contribution in [0.15, 0.2) is 66.0 Å². The average Bonchev–Trinajstić information content (AvgIpc) is 2.79. The molecule has 1 amide bonds. The lowest BCUT2D eigenvalue weighted by Crippen LogP contribution is -2.50. The summed E-state index contributed by atoms with van der Waals surface area (Å²) in [6.07, 6.45) is 7.93. The molecule has 1 fully saturated rings. The number of hydrogen-bond acceptors (Lipinski definition) is 5. The fourth-order valence-electron chi connectivity index (χ4n) is 4.62. The van der Waals surface area contributed by atoms with Crippen molar-refractivity contribution in [1.82, 2.24) is 19.4 Å². The van der Waals surface area contributed by atoms with Crippen molar-refractivity contribution in [3.63, 3.8) is 0 Å². The summed E-state index contributed by atoms with van der Waals surface area (Å²) in [5, 5.41) is 3.15. The number of piperidine rings is 1. The number of aromatic nitrogens is 3. The van der Waals surface area contributed by atoms with Crippen LogP contribution in [0.1, 0.15) is 18.0 Å². The molecule has 0 radical (unpaired) electrons. The van der Waals surface area contributed by atoms with E-state index in [4.69, 9.17) is 0 Å². The molecule has 1 saturated heterocycles. The second-order valence-electron chi connectivity index (χ2n) is 8.05. The van der Waals surface area contributed by atoms with Gasteiger partial charge in [-0.2, -0.15) is 0 Å². The largest absolute Gasteiger partial charge is 0.375 e. The van der Waals surface area contributed by atoms with E-state index in [0.29, 0.717) is 25.6 Å². The molecule has 7 nitrogen and oxygen atoms in total. The van der Waals surface area contributed by atoms with E-state index in [9.17, 15) is 9.59 Å². The molecule has 5 rings (SSSR count). The standard InChI is InChI=1S/C23H23N5O2/c29-22-9-18(17-3-1-5-24-10-17)8-21-19-7-16(14-28(21)22)13-27(15-19)23(30)12-26-20-4-2-6-25-11-20/h1-6,8-11,16,19,26H,7,12-15H2/t16-,19+/m0/s1. The maximum atomic E-state index is 12.8. The normalized spacial score (nSPS) is 19.8. The van der Waals surface area contributed by atoms with Crippen LogP contribution in [0.25, 0.3) is 11.1 Å². The summed E-state index contributed by atoms with van der Waals surface area (Å²) < 4.78 is 1.90. The lowest BCUT2D eigenvalue weighted by atomic mass is 9.82. The maximum absolute atomic E-state index is 12.8. The summed E-state index contributed by atoms with van der Waals surface area (Å²) in [7, 11) is 0. The van der Waals surface area contributed by atoms with Crippen molar-refractivity contribution in [2.45, 2.75) is 18.9 Å². The van der Waals surface area contributed by atoms with Gasteiger partial charge in [0.15, 0.2) is 0 Å². The zero-order chi connectivity index (χ0) is 20.5. The van der Waals surface area contributed by atoms with Crippen LogP contribution in [0.3, 0.4) is 0 Å². The van der Waals surface area contributed by atoms with Crippen molar-refractivity contribution in [2.75, 3.05) is 25.0 Å². The van der Waals surface area contributed by atoms with Crippen molar-refractivity contribution in [1.29, 1.82) is 0 Å². The number of likely N-dealkylation sites (tertiary alicyclic amines) is 1. The van der Waals surface area contributed by atoms with Crippen molar-refractivity contribution in [3.05, 3.63) is 77.2 Å². The number of carbonyl (C=O) groups is 1. The third kappa shape index (κ3) is 3.58.